The van der Waals surface area contributed by atoms with Crippen LogP contribution in [0.15, 0.2) is 0 Å². The monoisotopic (exact) mass is 274 g/mol. The quantitative estimate of drug-likeness (QED) is 0.825. The molecule has 1 aliphatic heterocycles. The van der Waals surface area contributed by atoms with Gasteiger partial charge in [0.1, 0.15) is 0 Å². The molecule has 2 rings (SSSR count). The second kappa shape index (κ2) is 6.35. The zero-order valence-electron chi connectivity index (χ0n) is 11.4. The SMILES string of the molecule is CN(CC1CCCC1)S(=O)(=O)CC1CCNCC1. The zero-order valence-corrected chi connectivity index (χ0v) is 12.2. The number of nitrogens with zero attached hydrogens (tertiary/aromatic N) is 1. The molecule has 1 N–H and O–H groups in total. The van der Waals surface area contributed by atoms with Crippen molar-refractivity contribution < 1.29 is 8.42 Å². The minimum Gasteiger partial charge on any atom is -0.317 e. The van der Waals surface area contributed by atoms with Gasteiger partial charge in [-0.3, -0.25) is 0 Å². The van der Waals surface area contributed by atoms with Gasteiger partial charge < -0.3 is 5.32 Å². The molecule has 0 atom stereocenters. The molecule has 0 amide bonds. The van der Waals surface area contributed by atoms with Crippen LogP contribution in [0.3, 0.4) is 0 Å². The van der Waals surface area contributed by atoms with Crippen LogP contribution in [0.25, 0.3) is 0 Å². The van der Waals surface area contributed by atoms with Crippen LogP contribution >= 0.6 is 0 Å². The van der Waals surface area contributed by atoms with Crippen LogP contribution in [0.2, 0.25) is 0 Å². The number of hydrogen-bond donors (Lipinski definition) is 1. The molecule has 0 aromatic carbocycles. The van der Waals surface area contributed by atoms with Gasteiger partial charge in [-0.15, -0.1) is 0 Å². The fourth-order valence-corrected chi connectivity index (χ4v) is 4.77. The Morgan fingerprint density at radius 3 is 2.28 bits per heavy atom. The standard InChI is InChI=1S/C13H26N2O2S/c1-15(10-12-4-2-3-5-12)18(16,17)11-13-6-8-14-9-7-13/h12-14H,2-11H2,1H3. The average Bonchev–Trinajstić information content (AvgIpc) is 2.82. The highest BCUT2D eigenvalue weighted by molar-refractivity contribution is 7.89. The van der Waals surface area contributed by atoms with Gasteiger partial charge in [0.25, 0.3) is 0 Å². The highest BCUT2D eigenvalue weighted by Gasteiger charge is 2.27. The summed E-state index contributed by atoms with van der Waals surface area (Å²) < 4.78 is 26.2. The van der Waals surface area contributed by atoms with E-state index in [1.54, 1.807) is 11.4 Å². The minimum absolute atomic E-state index is 0.345. The molecule has 0 bridgehead atoms. The Labute approximate surface area is 111 Å². The summed E-state index contributed by atoms with van der Waals surface area (Å²) in [5.41, 5.74) is 0. The molecule has 0 spiro atoms. The Morgan fingerprint density at radius 2 is 1.67 bits per heavy atom. The summed E-state index contributed by atoms with van der Waals surface area (Å²) in [5.74, 6) is 1.29. The van der Waals surface area contributed by atoms with E-state index in [4.69, 9.17) is 0 Å². The number of sulfonamides is 1. The molecule has 1 heterocycles. The molecule has 0 radical (unpaired) electrons. The van der Waals surface area contributed by atoms with Crippen LogP contribution < -0.4 is 5.32 Å². The molecule has 18 heavy (non-hydrogen) atoms. The van der Waals surface area contributed by atoms with Crippen molar-refractivity contribution in [1.29, 1.82) is 0 Å². The van der Waals surface area contributed by atoms with Gasteiger partial charge in [0.2, 0.25) is 10.0 Å². The molecule has 0 aromatic rings. The van der Waals surface area contributed by atoms with E-state index in [9.17, 15) is 8.42 Å². The maximum atomic E-state index is 12.3. The van der Waals surface area contributed by atoms with E-state index >= 15 is 0 Å². The first-order chi connectivity index (χ1) is 8.58. The van der Waals surface area contributed by atoms with Crippen molar-refractivity contribution in [2.24, 2.45) is 11.8 Å². The summed E-state index contributed by atoms with van der Waals surface area (Å²) in [6, 6.07) is 0. The Bertz CT molecular complexity index is 344. The number of piperidine rings is 1. The molecule has 2 aliphatic rings. The van der Waals surface area contributed by atoms with E-state index in [0.717, 1.165) is 32.5 Å². The molecule has 1 aliphatic carbocycles. The maximum absolute atomic E-state index is 12.3. The van der Waals surface area contributed by atoms with E-state index in [1.807, 2.05) is 0 Å². The highest BCUT2D eigenvalue weighted by Crippen LogP contribution is 2.26. The van der Waals surface area contributed by atoms with E-state index in [1.165, 1.54) is 25.7 Å². The third kappa shape index (κ3) is 3.93. The third-order valence-electron chi connectivity index (χ3n) is 4.37. The lowest BCUT2D eigenvalue weighted by atomic mass is 10.0. The lowest BCUT2D eigenvalue weighted by molar-refractivity contribution is 0.367. The molecular weight excluding hydrogens is 248 g/mol. The van der Waals surface area contributed by atoms with Gasteiger partial charge in [-0.2, -0.15) is 0 Å². The first kappa shape index (κ1) is 14.3. The van der Waals surface area contributed by atoms with Crippen molar-refractivity contribution in [3.8, 4) is 0 Å². The molecule has 106 valence electrons. The molecule has 1 saturated heterocycles. The third-order valence-corrected chi connectivity index (χ3v) is 6.36. The number of nitrogens with one attached hydrogen (secondary N) is 1. The number of hydrogen-bond acceptors (Lipinski definition) is 3. The van der Waals surface area contributed by atoms with Crippen LogP contribution in [0.4, 0.5) is 0 Å². The molecule has 1 saturated carbocycles. The predicted octanol–water partition coefficient (Wildman–Crippen LogP) is 1.44. The van der Waals surface area contributed by atoms with Crippen molar-refractivity contribution in [2.45, 2.75) is 38.5 Å². The maximum Gasteiger partial charge on any atom is 0.214 e. The van der Waals surface area contributed by atoms with Crippen molar-refractivity contribution in [2.75, 3.05) is 32.4 Å². The van der Waals surface area contributed by atoms with Crippen LogP contribution in [0, 0.1) is 11.8 Å². The van der Waals surface area contributed by atoms with Crippen molar-refractivity contribution in [1.82, 2.24) is 9.62 Å². The van der Waals surface area contributed by atoms with Gasteiger partial charge in [0.05, 0.1) is 5.75 Å². The normalized spacial score (nSPS) is 23.9. The van der Waals surface area contributed by atoms with E-state index in [0.29, 0.717) is 17.6 Å². The summed E-state index contributed by atoms with van der Waals surface area (Å²) in [6.45, 7) is 2.66. The fourth-order valence-electron chi connectivity index (χ4n) is 3.14. The Hall–Kier alpha value is -0.130. The smallest absolute Gasteiger partial charge is 0.214 e. The topological polar surface area (TPSA) is 49.4 Å². The summed E-state index contributed by atoms with van der Waals surface area (Å²) in [7, 11) is -1.28. The van der Waals surface area contributed by atoms with Crippen LogP contribution in [-0.4, -0.2) is 45.2 Å². The second-order valence-electron chi connectivity index (χ2n) is 5.90. The number of rotatable bonds is 5. The van der Waals surface area contributed by atoms with Gasteiger partial charge >= 0.3 is 0 Å². The molecule has 0 aromatic heterocycles. The van der Waals surface area contributed by atoms with Crippen LogP contribution in [0.5, 0.6) is 0 Å². The summed E-state index contributed by atoms with van der Waals surface area (Å²) >= 11 is 0. The summed E-state index contributed by atoms with van der Waals surface area (Å²) in [5, 5.41) is 3.28. The summed E-state index contributed by atoms with van der Waals surface area (Å²) in [6.07, 6.45) is 6.94. The molecule has 2 fully saturated rings. The molecular formula is C13H26N2O2S. The largest absolute Gasteiger partial charge is 0.317 e. The molecule has 5 heteroatoms. The average molecular weight is 274 g/mol. The Morgan fingerprint density at radius 1 is 1.06 bits per heavy atom. The van der Waals surface area contributed by atoms with Gasteiger partial charge in [0, 0.05) is 13.6 Å². The van der Waals surface area contributed by atoms with Crippen LogP contribution in [0.1, 0.15) is 38.5 Å². The Kier molecular flexibility index (Phi) is 5.04. The lowest BCUT2D eigenvalue weighted by Crippen LogP contribution is -2.38. The van der Waals surface area contributed by atoms with Crippen molar-refractivity contribution in [3.05, 3.63) is 0 Å². The van der Waals surface area contributed by atoms with Gasteiger partial charge in [-0.1, -0.05) is 12.8 Å². The predicted molar refractivity (Wildman–Crippen MR) is 74.0 cm³/mol. The second-order valence-corrected chi connectivity index (χ2v) is 8.02. The van der Waals surface area contributed by atoms with Gasteiger partial charge in [0.15, 0.2) is 0 Å². The first-order valence-corrected chi connectivity index (χ1v) is 8.83. The summed E-state index contributed by atoms with van der Waals surface area (Å²) in [4.78, 5) is 0. The minimum atomic E-state index is -3.04. The zero-order chi connectivity index (χ0) is 13.0. The van der Waals surface area contributed by atoms with E-state index in [2.05, 4.69) is 5.32 Å². The van der Waals surface area contributed by atoms with Crippen molar-refractivity contribution in [3.63, 3.8) is 0 Å². The first-order valence-electron chi connectivity index (χ1n) is 7.22. The van der Waals surface area contributed by atoms with Gasteiger partial charge in [-0.05, 0) is 50.6 Å². The lowest BCUT2D eigenvalue weighted by Gasteiger charge is -2.26. The van der Waals surface area contributed by atoms with Crippen LogP contribution in [-0.2, 0) is 10.0 Å². The fraction of sp³-hybridized carbons (Fsp3) is 1.00. The van der Waals surface area contributed by atoms with E-state index < -0.39 is 10.0 Å². The van der Waals surface area contributed by atoms with Gasteiger partial charge in [-0.25, -0.2) is 12.7 Å². The highest BCUT2D eigenvalue weighted by atomic mass is 32.2. The molecule has 4 nitrogen and oxygen atoms in total. The molecule has 0 unspecified atom stereocenters. The van der Waals surface area contributed by atoms with E-state index in [-0.39, 0.29) is 0 Å². The van der Waals surface area contributed by atoms with Crippen molar-refractivity contribution >= 4 is 10.0 Å². The Balaban J connectivity index is 1.83.